The minimum Gasteiger partial charge on any atom is -1.00 e. The van der Waals surface area contributed by atoms with Gasteiger partial charge in [0, 0.05) is 0 Å². The monoisotopic (exact) mass is 408 g/mol. The maximum absolute atomic E-state index is 8.74. The van der Waals surface area contributed by atoms with Crippen LogP contribution in [-0.2, 0) is 44.0 Å². The average molecular weight is 408 g/mol. The predicted molar refractivity (Wildman–Crippen MR) is 67.0 cm³/mol. The van der Waals surface area contributed by atoms with Crippen molar-refractivity contribution < 1.29 is 61.6 Å². The Morgan fingerprint density at radius 1 is 0.526 bits per heavy atom. The summed E-state index contributed by atoms with van der Waals surface area (Å²) in [4.78, 5) is 0. The quantitative estimate of drug-likeness (QED) is 0.336. The summed E-state index contributed by atoms with van der Waals surface area (Å²) < 4.78 is 31.6. The minimum absolute atomic E-state index is 0. The van der Waals surface area contributed by atoms with Gasteiger partial charge in [-0.05, 0) is 0 Å². The fraction of sp³-hybridized carbons (Fsp3) is 0. The molecule has 19 heavy (non-hydrogen) atoms. The van der Waals surface area contributed by atoms with E-state index in [0.29, 0.717) is 0 Å². The zero-order valence-electron chi connectivity index (χ0n) is 9.38. The van der Waals surface area contributed by atoms with Crippen molar-refractivity contribution in [3.05, 3.63) is 61.5 Å². The van der Waals surface area contributed by atoms with E-state index in [4.69, 9.17) is 28.0 Å². The summed E-state index contributed by atoms with van der Waals surface area (Å²) in [6.45, 7) is 0. The number of hydrogen-bond acceptors (Lipinski definition) is 4. The molecule has 0 aliphatic carbocycles. The van der Waals surface area contributed by atoms with Gasteiger partial charge in [0.25, 0.3) is 0 Å². The van der Waals surface area contributed by atoms with E-state index in [1.54, 1.807) is 0 Å². The van der Waals surface area contributed by atoms with Crippen molar-refractivity contribution >= 4 is 10.4 Å². The first-order valence-electron chi connectivity index (χ1n) is 0.865. The van der Waals surface area contributed by atoms with E-state index >= 15 is 0 Å². The zero-order valence-corrected chi connectivity index (χ0v) is 12.3. The van der Waals surface area contributed by atoms with Crippen molar-refractivity contribution in [2.75, 3.05) is 0 Å². The fourth-order valence-corrected chi connectivity index (χ4v) is 0. The molecule has 0 amide bonds. The van der Waals surface area contributed by atoms with Crippen LogP contribution in [0.1, 0.15) is 0 Å². The predicted octanol–water partition coefficient (Wildman–Crippen LogP) is 4.14. The van der Waals surface area contributed by atoms with Gasteiger partial charge in [0.1, 0.15) is 0 Å². The first kappa shape index (κ1) is 225. The van der Waals surface area contributed by atoms with E-state index in [1.807, 2.05) is 0 Å². The van der Waals surface area contributed by atoms with Crippen LogP contribution in [0, 0.1) is 0 Å². The van der Waals surface area contributed by atoms with E-state index in [1.165, 1.54) is 0 Å². The number of rotatable bonds is 0. The van der Waals surface area contributed by atoms with E-state index in [2.05, 4.69) is 0 Å². The number of nitrogens with two attached hydrogens (primary N) is 10. The van der Waals surface area contributed by atoms with Crippen LogP contribution in [0.5, 0.6) is 0 Å². The van der Waals surface area contributed by atoms with Gasteiger partial charge in [0.2, 0.25) is 0 Å². The molecule has 0 spiro atoms. The maximum atomic E-state index is 8.74. The summed E-state index contributed by atoms with van der Waals surface area (Å²) in [5.74, 6) is 0. The van der Waals surface area contributed by atoms with Crippen LogP contribution in [0.4, 0.5) is 0 Å². The van der Waals surface area contributed by atoms with Crippen LogP contribution in [0.3, 0.4) is 0 Å². The molecule has 0 rings (SSSR count). The summed E-state index contributed by atoms with van der Waals surface area (Å²) in [6, 6.07) is 0. The summed E-state index contributed by atoms with van der Waals surface area (Å²) in [5.41, 5.74) is 0. The second kappa shape index (κ2) is 136. The average Bonchev–Trinajstić information content (AvgIpc) is 1.36. The second-order valence-electron chi connectivity index (χ2n) is 0.448. The topological polar surface area (TPSA) is 456 Å². The third-order valence-electron chi connectivity index (χ3n) is 0. The van der Waals surface area contributed by atoms with Gasteiger partial charge in [-0.3, -0.25) is 9.11 Å². The molecule has 0 radical (unpaired) electrons. The molecule has 138 valence electrons. The van der Waals surface area contributed by atoms with Crippen molar-refractivity contribution in [3.63, 3.8) is 0 Å². The Labute approximate surface area is 134 Å². The Kier molecular flexibility index (Phi) is 1610. The SMILES string of the molecule is O=S(=O)(O)O.[Co+3].[Co+3].[NH2-].[NH2-].[NH2-].[NH2-].[NH2-].[NH2-].[NH2-].[NH2-].[NH2-].[NH2-].[O-][O-]. The Morgan fingerprint density at radius 3 is 0.526 bits per heavy atom. The Hall–Kier alpha value is 0.403. The van der Waals surface area contributed by atoms with Gasteiger partial charge in [-0.25, -0.2) is 0 Å². The molecule has 0 aromatic carbocycles. The third-order valence-corrected chi connectivity index (χ3v) is 0. The van der Waals surface area contributed by atoms with E-state index in [0.717, 1.165) is 0 Å². The van der Waals surface area contributed by atoms with Gasteiger partial charge >= 0.3 is 44.0 Å². The van der Waals surface area contributed by atoms with Gasteiger partial charge in [0.05, 0.1) is 0 Å². The van der Waals surface area contributed by atoms with Gasteiger partial charge < -0.3 is 72.0 Å². The molecule has 19 heteroatoms. The zero-order chi connectivity index (χ0) is 6.50. The van der Waals surface area contributed by atoms with Crippen LogP contribution >= 0.6 is 0 Å². The van der Waals surface area contributed by atoms with E-state index < -0.39 is 10.4 Å². The van der Waals surface area contributed by atoms with Crippen LogP contribution < -0.4 is 10.5 Å². The van der Waals surface area contributed by atoms with E-state index in [-0.39, 0.29) is 95.1 Å². The smallest absolute Gasteiger partial charge is 1.00 e. The summed E-state index contributed by atoms with van der Waals surface area (Å²) in [5, 5.41) is 14.0. The first-order valence-corrected chi connectivity index (χ1v) is 2.26. The van der Waals surface area contributed by atoms with Gasteiger partial charge in [0.15, 0.2) is 0 Å². The molecule has 0 heterocycles. The molecule has 0 unspecified atom stereocenters. The van der Waals surface area contributed by atoms with Crippen LogP contribution in [0.2, 0.25) is 0 Å². The minimum atomic E-state index is -4.67. The first-order chi connectivity index (χ1) is 3.00. The van der Waals surface area contributed by atoms with E-state index in [9.17, 15) is 0 Å². The third kappa shape index (κ3) is 30500. The van der Waals surface area contributed by atoms with Crippen LogP contribution in [0.15, 0.2) is 0 Å². The molecule has 0 aliphatic rings. The van der Waals surface area contributed by atoms with Crippen molar-refractivity contribution in [2.24, 2.45) is 0 Å². The van der Waals surface area contributed by atoms with Crippen molar-refractivity contribution in [3.8, 4) is 0 Å². The van der Waals surface area contributed by atoms with Gasteiger partial charge in [-0.2, -0.15) is 8.42 Å². The van der Waals surface area contributed by atoms with Crippen LogP contribution in [-0.4, -0.2) is 17.5 Å². The second-order valence-corrected chi connectivity index (χ2v) is 1.34. The molecule has 0 atom stereocenters. The molecule has 0 aromatic rings. The Morgan fingerprint density at radius 2 is 0.526 bits per heavy atom. The Bertz CT molecular complexity index is 113. The molecule has 0 saturated carbocycles. The molecule has 16 nitrogen and oxygen atoms in total. The molecular weight excluding hydrogens is 386 g/mol. The largest absolute Gasteiger partial charge is 3.00 e. The molecule has 0 saturated heterocycles. The normalized spacial score (nSPS) is 3.37. The van der Waals surface area contributed by atoms with Crippen molar-refractivity contribution in [1.29, 1.82) is 0 Å². The molecule has 0 fully saturated rings. The molecular formula is H22Co2N10O6S-6. The Balaban J connectivity index is -0.00000000144. The van der Waals surface area contributed by atoms with Crippen molar-refractivity contribution in [1.82, 2.24) is 0 Å². The summed E-state index contributed by atoms with van der Waals surface area (Å²) in [7, 11) is -4.67. The van der Waals surface area contributed by atoms with Crippen LogP contribution in [0.25, 0.3) is 61.5 Å². The molecule has 0 aliphatic heterocycles. The fourth-order valence-electron chi connectivity index (χ4n) is 0. The maximum Gasteiger partial charge on any atom is 3.00 e. The number of hydrogen-bond donors (Lipinski definition) is 2. The molecule has 0 aromatic heterocycles. The van der Waals surface area contributed by atoms with Gasteiger partial charge in [-0.15, -0.1) is 0 Å². The van der Waals surface area contributed by atoms with Gasteiger partial charge in [-0.1, -0.05) is 0 Å². The molecule has 0 bridgehead atoms. The van der Waals surface area contributed by atoms with Crippen molar-refractivity contribution in [2.45, 2.75) is 0 Å². The summed E-state index contributed by atoms with van der Waals surface area (Å²) >= 11 is 0. The standard InChI is InChI=1S/2Co.10H2N.H2O4S.O2/c;;;;;;;;;;;;1-5(2,3)4;1-2/h;;10*1H2;(H2,1,2,3,4);/q2*+3;10*-1;;-2. The summed E-state index contributed by atoms with van der Waals surface area (Å²) in [6.07, 6.45) is 0. The molecule has 22 N–H and O–H groups in total.